The number of carbonyl (C=O) groups is 1. The number of hydrogen-bond acceptors (Lipinski definition) is 3. The number of carbonyl (C=O) groups excluding carboxylic acids is 1. The minimum atomic E-state index is -0.423. The van der Waals surface area contributed by atoms with Gasteiger partial charge in [-0.15, -0.1) is 0 Å². The maximum absolute atomic E-state index is 13.3. The summed E-state index contributed by atoms with van der Waals surface area (Å²) in [6, 6.07) is 4.21. The molecule has 2 aliphatic heterocycles. The van der Waals surface area contributed by atoms with Crippen molar-refractivity contribution in [2.75, 3.05) is 0 Å². The van der Waals surface area contributed by atoms with Gasteiger partial charge in [0.25, 0.3) is 0 Å². The maximum atomic E-state index is 13.3. The number of benzene rings is 1. The topological polar surface area (TPSA) is 81.4 Å². The number of fused-ring (bicyclic) bond motifs is 2. The van der Waals surface area contributed by atoms with Gasteiger partial charge in [-0.3, -0.25) is 9.79 Å². The summed E-state index contributed by atoms with van der Waals surface area (Å²) < 4.78 is 13.3. The van der Waals surface area contributed by atoms with Crippen molar-refractivity contribution in [2.24, 2.45) is 10.1 Å². The lowest BCUT2D eigenvalue weighted by Crippen LogP contribution is -2.30. The number of amidine groups is 1. The van der Waals surface area contributed by atoms with Crippen LogP contribution in [0.15, 0.2) is 28.3 Å². The van der Waals surface area contributed by atoms with Crippen molar-refractivity contribution in [1.82, 2.24) is 4.90 Å². The lowest BCUT2D eigenvalue weighted by Gasteiger charge is -2.19. The Bertz CT molecular complexity index is 635. The quantitative estimate of drug-likeness (QED) is 0.400. The summed E-state index contributed by atoms with van der Waals surface area (Å²) in [5.74, 6) is -0.251. The van der Waals surface area contributed by atoms with Crippen LogP contribution in [0.1, 0.15) is 24.0 Å². The molecule has 1 fully saturated rings. The molecule has 6 nitrogen and oxygen atoms in total. The molecule has 1 saturated heterocycles. The molecule has 2 heterocycles. The number of nitrogens with zero attached hydrogens (tertiary/aromatic N) is 5. The normalized spacial score (nSPS) is 21.1. The number of rotatable bonds is 0. The van der Waals surface area contributed by atoms with Gasteiger partial charge in [-0.2, -0.15) is 0 Å². The van der Waals surface area contributed by atoms with Crippen molar-refractivity contribution in [3.8, 4) is 0 Å². The van der Waals surface area contributed by atoms with Crippen LogP contribution in [0.25, 0.3) is 10.4 Å². The Kier molecular flexibility index (Phi) is 2.68. The molecule has 7 heteroatoms. The van der Waals surface area contributed by atoms with Crippen LogP contribution in [0.3, 0.4) is 0 Å². The predicted octanol–water partition coefficient (Wildman–Crippen LogP) is 2.34. The van der Waals surface area contributed by atoms with Gasteiger partial charge >= 0.3 is 0 Å². The number of aliphatic imine (C=N–C) groups is 1. The highest BCUT2D eigenvalue weighted by atomic mass is 19.1. The second-order valence-electron chi connectivity index (χ2n) is 4.48. The highest BCUT2D eigenvalue weighted by molar-refractivity contribution is 6.01. The molecule has 0 aliphatic carbocycles. The van der Waals surface area contributed by atoms with Gasteiger partial charge in [0.15, 0.2) is 0 Å². The van der Waals surface area contributed by atoms with Crippen molar-refractivity contribution in [1.29, 1.82) is 0 Å². The van der Waals surface area contributed by atoms with Crippen molar-refractivity contribution >= 4 is 11.7 Å². The summed E-state index contributed by atoms with van der Waals surface area (Å²) in [6.45, 7) is 0.368. The Hall–Kier alpha value is -2.40. The molecular formula is C12H10FN5O. The van der Waals surface area contributed by atoms with Crippen molar-refractivity contribution in [3.05, 3.63) is 45.6 Å². The first-order valence-corrected chi connectivity index (χ1v) is 5.90. The molecule has 3 rings (SSSR count). The van der Waals surface area contributed by atoms with Crippen LogP contribution in [0.4, 0.5) is 4.39 Å². The fourth-order valence-corrected chi connectivity index (χ4v) is 2.46. The van der Waals surface area contributed by atoms with E-state index in [1.54, 1.807) is 11.0 Å². The Balaban J connectivity index is 2.17. The van der Waals surface area contributed by atoms with E-state index in [0.29, 0.717) is 24.9 Å². The molecule has 0 radical (unpaired) electrons. The molecule has 19 heavy (non-hydrogen) atoms. The molecule has 0 bridgehead atoms. The minimum absolute atomic E-state index is 0.0196. The highest BCUT2D eigenvalue weighted by Crippen LogP contribution is 2.28. The molecule has 1 aromatic carbocycles. The first-order valence-electron chi connectivity index (χ1n) is 5.90. The summed E-state index contributed by atoms with van der Waals surface area (Å²) in [5, 5.41) is 3.54. The number of azide groups is 1. The summed E-state index contributed by atoms with van der Waals surface area (Å²) in [7, 11) is 0. The SMILES string of the molecule is [N-]=[N+]=NC1=NC2CCC(=O)N2Cc2ccc(F)cc21. The second kappa shape index (κ2) is 4.37. The lowest BCUT2D eigenvalue weighted by molar-refractivity contribution is -0.129. The molecule has 1 amide bonds. The van der Waals surface area contributed by atoms with Gasteiger partial charge in [-0.1, -0.05) is 6.07 Å². The summed E-state index contributed by atoms with van der Waals surface area (Å²) in [4.78, 5) is 20.4. The van der Waals surface area contributed by atoms with Gasteiger partial charge in [0.1, 0.15) is 17.8 Å². The van der Waals surface area contributed by atoms with Gasteiger partial charge in [0.2, 0.25) is 5.91 Å². The van der Waals surface area contributed by atoms with Crippen LogP contribution in [0.2, 0.25) is 0 Å². The van der Waals surface area contributed by atoms with E-state index >= 15 is 0 Å². The molecule has 0 N–H and O–H groups in total. The van der Waals surface area contributed by atoms with Crippen LogP contribution < -0.4 is 0 Å². The minimum Gasteiger partial charge on any atom is -0.316 e. The maximum Gasteiger partial charge on any atom is 0.224 e. The molecule has 0 aromatic heterocycles. The average molecular weight is 259 g/mol. The Morgan fingerprint density at radius 1 is 1.53 bits per heavy atom. The average Bonchev–Trinajstić information content (AvgIpc) is 2.65. The number of amides is 1. The highest BCUT2D eigenvalue weighted by Gasteiger charge is 2.33. The summed E-state index contributed by atoms with van der Waals surface area (Å²) in [5.41, 5.74) is 9.80. The third-order valence-electron chi connectivity index (χ3n) is 3.36. The fourth-order valence-electron chi connectivity index (χ4n) is 2.46. The lowest BCUT2D eigenvalue weighted by atomic mass is 10.1. The summed E-state index contributed by atoms with van der Waals surface area (Å²) in [6.07, 6.45) is 0.719. The molecular weight excluding hydrogens is 249 g/mol. The van der Waals surface area contributed by atoms with E-state index in [-0.39, 0.29) is 17.9 Å². The Morgan fingerprint density at radius 2 is 2.37 bits per heavy atom. The van der Waals surface area contributed by atoms with Crippen LogP contribution >= 0.6 is 0 Å². The van der Waals surface area contributed by atoms with Gasteiger partial charge in [0.05, 0.1) is 0 Å². The van der Waals surface area contributed by atoms with Crippen LogP contribution in [0, 0.1) is 5.82 Å². The molecule has 1 unspecified atom stereocenters. The van der Waals surface area contributed by atoms with Crippen molar-refractivity contribution < 1.29 is 9.18 Å². The van der Waals surface area contributed by atoms with E-state index in [2.05, 4.69) is 15.0 Å². The van der Waals surface area contributed by atoms with Crippen LogP contribution in [-0.4, -0.2) is 22.8 Å². The largest absolute Gasteiger partial charge is 0.316 e. The molecule has 2 aliphatic rings. The van der Waals surface area contributed by atoms with E-state index in [9.17, 15) is 9.18 Å². The van der Waals surface area contributed by atoms with E-state index < -0.39 is 5.82 Å². The van der Waals surface area contributed by atoms with E-state index in [0.717, 1.165) is 5.56 Å². The third-order valence-corrected chi connectivity index (χ3v) is 3.36. The zero-order chi connectivity index (χ0) is 13.4. The standard InChI is InChI=1S/C12H10FN5O/c13-8-2-1-7-6-18-10(3-4-11(18)19)15-12(16-17-14)9(7)5-8/h1-2,5,10H,3-4,6H2. The second-order valence-corrected chi connectivity index (χ2v) is 4.48. The fraction of sp³-hybridized carbons (Fsp3) is 0.333. The van der Waals surface area contributed by atoms with Gasteiger partial charge in [0, 0.05) is 23.4 Å². The Morgan fingerprint density at radius 3 is 3.16 bits per heavy atom. The monoisotopic (exact) mass is 259 g/mol. The van der Waals surface area contributed by atoms with E-state index in [1.165, 1.54) is 12.1 Å². The smallest absolute Gasteiger partial charge is 0.224 e. The zero-order valence-electron chi connectivity index (χ0n) is 9.95. The van der Waals surface area contributed by atoms with Crippen LogP contribution in [-0.2, 0) is 11.3 Å². The van der Waals surface area contributed by atoms with Gasteiger partial charge in [-0.25, -0.2) is 4.39 Å². The summed E-state index contributed by atoms with van der Waals surface area (Å²) >= 11 is 0. The first kappa shape index (κ1) is 11.7. The van der Waals surface area contributed by atoms with E-state index in [1.807, 2.05) is 0 Å². The predicted molar refractivity (Wildman–Crippen MR) is 65.7 cm³/mol. The number of halogens is 1. The molecule has 0 spiro atoms. The zero-order valence-corrected chi connectivity index (χ0v) is 9.95. The third kappa shape index (κ3) is 1.94. The van der Waals surface area contributed by atoms with Crippen LogP contribution in [0.5, 0.6) is 0 Å². The molecule has 0 saturated carbocycles. The van der Waals surface area contributed by atoms with E-state index in [4.69, 9.17) is 5.53 Å². The molecule has 1 aromatic rings. The van der Waals surface area contributed by atoms with Crippen molar-refractivity contribution in [2.45, 2.75) is 25.6 Å². The molecule has 1 atom stereocenters. The number of hydrogen-bond donors (Lipinski definition) is 0. The molecule has 96 valence electrons. The Labute approximate surface area is 108 Å². The van der Waals surface area contributed by atoms with Gasteiger partial charge in [-0.05, 0) is 34.8 Å². The van der Waals surface area contributed by atoms with Crippen molar-refractivity contribution in [3.63, 3.8) is 0 Å². The first-order chi connectivity index (χ1) is 9.19. The van der Waals surface area contributed by atoms with Gasteiger partial charge < -0.3 is 4.90 Å².